The fourth-order valence-electron chi connectivity index (χ4n) is 1.72. The molecular formula is C17H22ClNO6. The lowest BCUT2D eigenvalue weighted by Crippen LogP contribution is -2.34. The van der Waals surface area contributed by atoms with Gasteiger partial charge in [-0.25, -0.2) is 4.79 Å². The summed E-state index contributed by atoms with van der Waals surface area (Å²) in [6.07, 6.45) is -1.17. The Balaban J connectivity index is 2.25. The van der Waals surface area contributed by atoms with E-state index in [1.807, 2.05) is 0 Å². The van der Waals surface area contributed by atoms with Gasteiger partial charge in [-0.2, -0.15) is 0 Å². The third kappa shape index (κ3) is 8.95. The van der Waals surface area contributed by atoms with Crippen molar-refractivity contribution in [3.8, 4) is 5.75 Å². The molecule has 1 N–H and O–H groups in total. The summed E-state index contributed by atoms with van der Waals surface area (Å²) in [7, 11) is 0. The maximum atomic E-state index is 11.7. The second-order valence-corrected chi connectivity index (χ2v) is 6.02. The lowest BCUT2D eigenvalue weighted by molar-refractivity contribution is -0.172. The van der Waals surface area contributed by atoms with Crippen LogP contribution in [-0.4, -0.2) is 30.9 Å². The van der Waals surface area contributed by atoms with Gasteiger partial charge in [0.1, 0.15) is 5.75 Å². The zero-order valence-corrected chi connectivity index (χ0v) is 15.2. The van der Waals surface area contributed by atoms with E-state index in [9.17, 15) is 14.4 Å². The van der Waals surface area contributed by atoms with Gasteiger partial charge < -0.3 is 19.5 Å². The molecule has 0 fully saturated rings. The van der Waals surface area contributed by atoms with Crippen molar-refractivity contribution in [3.05, 3.63) is 29.3 Å². The molecule has 0 saturated carbocycles. The van der Waals surface area contributed by atoms with Gasteiger partial charge in [-0.05, 0) is 30.7 Å². The van der Waals surface area contributed by atoms with Crippen molar-refractivity contribution in [3.63, 3.8) is 0 Å². The van der Waals surface area contributed by atoms with E-state index in [4.69, 9.17) is 25.8 Å². The van der Waals surface area contributed by atoms with Crippen LogP contribution in [0.25, 0.3) is 0 Å². The van der Waals surface area contributed by atoms with Crippen molar-refractivity contribution < 1.29 is 28.6 Å². The minimum absolute atomic E-state index is 0.125. The molecule has 25 heavy (non-hydrogen) atoms. The summed E-state index contributed by atoms with van der Waals surface area (Å²) in [5.74, 6) is -0.721. The first-order valence-electron chi connectivity index (χ1n) is 7.86. The van der Waals surface area contributed by atoms with Crippen molar-refractivity contribution in [2.24, 2.45) is 5.92 Å². The molecule has 0 aliphatic rings. The molecule has 7 nitrogen and oxygen atoms in total. The van der Waals surface area contributed by atoms with Gasteiger partial charge in [0, 0.05) is 30.8 Å². The predicted octanol–water partition coefficient (Wildman–Crippen LogP) is 3.30. The Hall–Kier alpha value is -2.28. The second kappa shape index (κ2) is 10.6. The van der Waals surface area contributed by atoms with E-state index >= 15 is 0 Å². The SMILES string of the molecule is CC(=O)OC(OC(=O)NCCCC(=O)Oc1ccc(Cl)cc1)C(C)C. The number of alkyl carbamates (subject to hydrolysis) is 1. The minimum Gasteiger partial charge on any atom is -0.427 e. The summed E-state index contributed by atoms with van der Waals surface area (Å²) >= 11 is 5.74. The van der Waals surface area contributed by atoms with Crippen molar-refractivity contribution in [2.75, 3.05) is 6.54 Å². The van der Waals surface area contributed by atoms with E-state index in [0.717, 1.165) is 0 Å². The van der Waals surface area contributed by atoms with Crippen molar-refractivity contribution in [1.29, 1.82) is 0 Å². The van der Waals surface area contributed by atoms with Crippen molar-refractivity contribution >= 4 is 29.6 Å². The van der Waals surface area contributed by atoms with Gasteiger partial charge in [0.2, 0.25) is 0 Å². The molecule has 0 aliphatic carbocycles. The number of carbonyl (C=O) groups is 3. The number of rotatable bonds is 8. The van der Waals surface area contributed by atoms with Gasteiger partial charge >= 0.3 is 18.0 Å². The number of amides is 1. The van der Waals surface area contributed by atoms with Crippen LogP contribution in [0.1, 0.15) is 33.6 Å². The Morgan fingerprint density at radius 2 is 1.76 bits per heavy atom. The molecule has 1 unspecified atom stereocenters. The van der Waals surface area contributed by atoms with Crippen LogP contribution in [0.5, 0.6) is 5.75 Å². The van der Waals surface area contributed by atoms with Crippen LogP contribution in [0.3, 0.4) is 0 Å². The number of halogens is 1. The smallest absolute Gasteiger partial charge is 0.410 e. The number of carbonyl (C=O) groups excluding carboxylic acids is 3. The van der Waals surface area contributed by atoms with Crippen molar-refractivity contribution in [1.82, 2.24) is 5.32 Å². The average molecular weight is 372 g/mol. The zero-order valence-electron chi connectivity index (χ0n) is 14.4. The Morgan fingerprint density at radius 1 is 1.12 bits per heavy atom. The third-order valence-electron chi connectivity index (χ3n) is 2.92. The highest BCUT2D eigenvalue weighted by Gasteiger charge is 2.21. The quantitative estimate of drug-likeness (QED) is 0.326. The van der Waals surface area contributed by atoms with Gasteiger partial charge in [-0.1, -0.05) is 25.4 Å². The maximum Gasteiger partial charge on any atom is 0.410 e. The molecule has 0 aromatic heterocycles. The molecule has 1 aromatic rings. The molecule has 1 rings (SSSR count). The number of hydrogen-bond donors (Lipinski definition) is 1. The van der Waals surface area contributed by atoms with Crippen LogP contribution >= 0.6 is 11.6 Å². The first-order chi connectivity index (χ1) is 11.8. The fourth-order valence-corrected chi connectivity index (χ4v) is 1.84. The summed E-state index contributed by atoms with van der Waals surface area (Å²) in [6, 6.07) is 6.43. The summed E-state index contributed by atoms with van der Waals surface area (Å²) in [6.45, 7) is 4.98. The van der Waals surface area contributed by atoms with Gasteiger partial charge in [0.05, 0.1) is 0 Å². The van der Waals surface area contributed by atoms with Gasteiger partial charge in [0.15, 0.2) is 0 Å². The maximum absolute atomic E-state index is 11.7. The standard InChI is InChI=1S/C17H22ClNO6/c1-11(2)16(23-12(3)20)25-17(22)19-10-4-5-15(21)24-14-8-6-13(18)7-9-14/h6-9,11,16H,4-5,10H2,1-3H3,(H,19,22). The van der Waals surface area contributed by atoms with Gasteiger partial charge in [-0.3, -0.25) is 9.59 Å². The third-order valence-corrected chi connectivity index (χ3v) is 3.17. The highest BCUT2D eigenvalue weighted by atomic mass is 35.5. The number of esters is 2. The first kappa shape index (κ1) is 20.8. The van der Waals surface area contributed by atoms with Crippen LogP contribution in [-0.2, 0) is 19.1 Å². The monoisotopic (exact) mass is 371 g/mol. The summed E-state index contributed by atoms with van der Waals surface area (Å²) in [5.41, 5.74) is 0. The zero-order chi connectivity index (χ0) is 18.8. The Kier molecular flexibility index (Phi) is 8.77. The normalized spacial score (nSPS) is 11.6. The van der Waals surface area contributed by atoms with Crippen LogP contribution in [0.15, 0.2) is 24.3 Å². The molecule has 0 bridgehead atoms. The topological polar surface area (TPSA) is 90.9 Å². The largest absolute Gasteiger partial charge is 0.427 e. The molecule has 8 heteroatoms. The molecule has 1 aromatic carbocycles. The number of hydrogen-bond acceptors (Lipinski definition) is 6. The van der Waals surface area contributed by atoms with Crippen LogP contribution in [0.2, 0.25) is 5.02 Å². The number of nitrogens with one attached hydrogen (secondary N) is 1. The molecule has 138 valence electrons. The molecule has 0 heterocycles. The van der Waals surface area contributed by atoms with Crippen molar-refractivity contribution in [2.45, 2.75) is 39.9 Å². The van der Waals surface area contributed by atoms with Crippen LogP contribution in [0.4, 0.5) is 4.79 Å². The Bertz CT molecular complexity index is 587. The highest BCUT2D eigenvalue weighted by Crippen LogP contribution is 2.16. The van der Waals surface area contributed by atoms with Gasteiger partial charge in [0.25, 0.3) is 6.29 Å². The number of benzene rings is 1. The van der Waals surface area contributed by atoms with E-state index in [1.165, 1.54) is 6.92 Å². The molecule has 1 amide bonds. The fraction of sp³-hybridized carbons (Fsp3) is 0.471. The van der Waals surface area contributed by atoms with E-state index in [2.05, 4.69) is 5.32 Å². The summed E-state index contributed by atoms with van der Waals surface area (Å²) in [4.78, 5) is 34.3. The first-order valence-corrected chi connectivity index (χ1v) is 8.23. The van der Waals surface area contributed by atoms with E-state index < -0.39 is 24.3 Å². The molecule has 0 spiro atoms. The molecule has 0 aliphatic heterocycles. The van der Waals surface area contributed by atoms with E-state index in [0.29, 0.717) is 17.2 Å². The molecular weight excluding hydrogens is 350 g/mol. The Labute approximate surface area is 151 Å². The van der Waals surface area contributed by atoms with Gasteiger partial charge in [-0.15, -0.1) is 0 Å². The lowest BCUT2D eigenvalue weighted by atomic mass is 10.2. The summed E-state index contributed by atoms with van der Waals surface area (Å²) < 4.78 is 15.0. The van der Waals surface area contributed by atoms with E-state index in [1.54, 1.807) is 38.1 Å². The molecule has 1 atom stereocenters. The average Bonchev–Trinajstić information content (AvgIpc) is 2.52. The van der Waals surface area contributed by atoms with E-state index in [-0.39, 0.29) is 18.9 Å². The van der Waals surface area contributed by atoms with Crippen LogP contribution < -0.4 is 10.1 Å². The molecule has 0 saturated heterocycles. The van der Waals surface area contributed by atoms with Crippen LogP contribution in [0, 0.1) is 5.92 Å². The summed E-state index contributed by atoms with van der Waals surface area (Å²) in [5, 5.41) is 3.04. The molecule has 0 radical (unpaired) electrons. The second-order valence-electron chi connectivity index (χ2n) is 5.59. The lowest BCUT2D eigenvalue weighted by Gasteiger charge is -2.20. The predicted molar refractivity (Wildman–Crippen MR) is 91.2 cm³/mol. The number of ether oxygens (including phenoxy) is 3. The Morgan fingerprint density at radius 3 is 2.32 bits per heavy atom. The minimum atomic E-state index is -0.952. The highest BCUT2D eigenvalue weighted by molar-refractivity contribution is 6.30.